The Hall–Kier alpha value is -2.69. The Kier molecular flexibility index (Phi) is 6.07. The number of hydrogen-bond donors (Lipinski definition) is 1. The standard InChI is InChI=1S/C19H21NO4/c1-13(21)10-11-19(23)24-12-18(22)20-14(2)16-9-5-7-15-6-3-4-8-17(15)16/h3-9,14H,10-12H2,1-2H3,(H,20,22)/t14-/m1/s1. The molecule has 1 N–H and O–H groups in total. The first kappa shape index (κ1) is 17.7. The van der Waals surface area contributed by atoms with Crippen LogP contribution in [0.15, 0.2) is 42.5 Å². The van der Waals surface area contributed by atoms with Gasteiger partial charge in [-0.2, -0.15) is 0 Å². The predicted octanol–water partition coefficient (Wildman–Crippen LogP) is 2.93. The van der Waals surface area contributed by atoms with Gasteiger partial charge in [0.25, 0.3) is 5.91 Å². The fraction of sp³-hybridized carbons (Fsp3) is 0.316. The molecule has 0 aliphatic heterocycles. The summed E-state index contributed by atoms with van der Waals surface area (Å²) in [5, 5.41) is 5.00. The van der Waals surface area contributed by atoms with E-state index in [0.717, 1.165) is 16.3 Å². The minimum absolute atomic E-state index is 0.00148. The van der Waals surface area contributed by atoms with Gasteiger partial charge in [-0.3, -0.25) is 9.59 Å². The van der Waals surface area contributed by atoms with Gasteiger partial charge in [-0.1, -0.05) is 42.5 Å². The van der Waals surface area contributed by atoms with Crippen molar-refractivity contribution in [3.63, 3.8) is 0 Å². The summed E-state index contributed by atoms with van der Waals surface area (Å²) in [6.07, 6.45) is 0.133. The van der Waals surface area contributed by atoms with Gasteiger partial charge >= 0.3 is 5.97 Å². The number of esters is 1. The summed E-state index contributed by atoms with van der Waals surface area (Å²) in [7, 11) is 0. The van der Waals surface area contributed by atoms with Crippen LogP contribution in [-0.2, 0) is 19.1 Å². The Balaban J connectivity index is 1.91. The minimum atomic E-state index is -0.543. The smallest absolute Gasteiger partial charge is 0.306 e. The maximum atomic E-state index is 12.0. The van der Waals surface area contributed by atoms with Crippen LogP contribution in [0, 0.1) is 0 Å². The molecule has 1 amide bonds. The normalized spacial score (nSPS) is 11.8. The molecule has 0 saturated heterocycles. The second kappa shape index (κ2) is 8.24. The average molecular weight is 327 g/mol. The Bertz CT molecular complexity index is 749. The van der Waals surface area contributed by atoms with E-state index >= 15 is 0 Å². The van der Waals surface area contributed by atoms with Crippen molar-refractivity contribution in [3.8, 4) is 0 Å². The molecule has 2 aromatic carbocycles. The van der Waals surface area contributed by atoms with Crippen LogP contribution in [0.1, 0.15) is 38.3 Å². The number of nitrogens with one attached hydrogen (secondary N) is 1. The second-order valence-electron chi connectivity index (χ2n) is 5.72. The molecule has 5 heteroatoms. The Morgan fingerprint density at radius 3 is 2.50 bits per heavy atom. The number of carbonyl (C=O) groups excluding carboxylic acids is 3. The topological polar surface area (TPSA) is 72.5 Å². The molecule has 0 fully saturated rings. The first-order valence-corrected chi connectivity index (χ1v) is 7.89. The van der Waals surface area contributed by atoms with E-state index in [4.69, 9.17) is 4.74 Å². The number of benzene rings is 2. The molecule has 1 atom stereocenters. The second-order valence-corrected chi connectivity index (χ2v) is 5.72. The monoisotopic (exact) mass is 327 g/mol. The van der Waals surface area contributed by atoms with Gasteiger partial charge < -0.3 is 14.8 Å². The van der Waals surface area contributed by atoms with E-state index < -0.39 is 5.97 Å². The quantitative estimate of drug-likeness (QED) is 0.794. The molecule has 0 unspecified atom stereocenters. The van der Waals surface area contributed by atoms with Gasteiger partial charge in [0.1, 0.15) is 5.78 Å². The molecule has 0 spiro atoms. The Morgan fingerprint density at radius 2 is 1.75 bits per heavy atom. The molecule has 0 heterocycles. The minimum Gasteiger partial charge on any atom is -0.456 e. The average Bonchev–Trinajstić information content (AvgIpc) is 2.57. The van der Waals surface area contributed by atoms with Crippen molar-refractivity contribution < 1.29 is 19.1 Å². The van der Waals surface area contributed by atoms with E-state index in [1.807, 2.05) is 49.4 Å². The van der Waals surface area contributed by atoms with Crippen molar-refractivity contribution in [3.05, 3.63) is 48.0 Å². The summed E-state index contributed by atoms with van der Waals surface area (Å²) in [6, 6.07) is 13.7. The molecule has 0 aromatic heterocycles. The van der Waals surface area contributed by atoms with E-state index in [1.165, 1.54) is 6.92 Å². The fourth-order valence-electron chi connectivity index (χ4n) is 2.49. The third-order valence-corrected chi connectivity index (χ3v) is 3.71. The maximum Gasteiger partial charge on any atom is 0.306 e. The zero-order valence-electron chi connectivity index (χ0n) is 13.9. The van der Waals surface area contributed by atoms with Gasteiger partial charge in [0.2, 0.25) is 0 Å². The molecule has 0 radical (unpaired) electrons. The molecular weight excluding hydrogens is 306 g/mol. The molecule has 126 valence electrons. The lowest BCUT2D eigenvalue weighted by Gasteiger charge is -2.16. The summed E-state index contributed by atoms with van der Waals surface area (Å²) >= 11 is 0. The van der Waals surface area contributed by atoms with Crippen LogP contribution in [0.25, 0.3) is 10.8 Å². The van der Waals surface area contributed by atoms with Crippen LogP contribution in [0.3, 0.4) is 0 Å². The van der Waals surface area contributed by atoms with Crippen LogP contribution in [0.4, 0.5) is 0 Å². The lowest BCUT2D eigenvalue weighted by molar-refractivity contribution is -0.149. The van der Waals surface area contributed by atoms with Gasteiger partial charge in [-0.25, -0.2) is 0 Å². The molecule has 0 bridgehead atoms. The summed E-state index contributed by atoms with van der Waals surface area (Å²) < 4.78 is 4.88. The molecule has 2 rings (SSSR count). The third kappa shape index (κ3) is 4.91. The highest BCUT2D eigenvalue weighted by Crippen LogP contribution is 2.23. The highest BCUT2D eigenvalue weighted by Gasteiger charge is 2.14. The molecule has 2 aromatic rings. The highest BCUT2D eigenvalue weighted by molar-refractivity contribution is 5.87. The maximum absolute atomic E-state index is 12.0. The van der Waals surface area contributed by atoms with Crippen molar-refractivity contribution in [2.24, 2.45) is 0 Å². The zero-order valence-corrected chi connectivity index (χ0v) is 13.9. The molecule has 24 heavy (non-hydrogen) atoms. The number of amides is 1. The van der Waals surface area contributed by atoms with E-state index in [0.29, 0.717) is 0 Å². The molecular formula is C19H21NO4. The number of rotatable bonds is 7. The summed E-state index contributed by atoms with van der Waals surface area (Å²) in [4.78, 5) is 34.2. The van der Waals surface area contributed by atoms with Crippen LogP contribution in [0.5, 0.6) is 0 Å². The van der Waals surface area contributed by atoms with Crippen molar-refractivity contribution in [2.45, 2.75) is 32.7 Å². The molecule has 0 saturated carbocycles. The third-order valence-electron chi connectivity index (χ3n) is 3.71. The number of ketones is 1. The lowest BCUT2D eigenvalue weighted by Crippen LogP contribution is -2.31. The van der Waals surface area contributed by atoms with E-state index in [-0.39, 0.29) is 37.2 Å². The van der Waals surface area contributed by atoms with Gasteiger partial charge in [-0.05, 0) is 30.2 Å². The van der Waals surface area contributed by atoms with Gasteiger partial charge in [0, 0.05) is 6.42 Å². The zero-order chi connectivity index (χ0) is 17.5. The van der Waals surface area contributed by atoms with E-state index in [2.05, 4.69) is 5.32 Å². The Morgan fingerprint density at radius 1 is 1.04 bits per heavy atom. The number of carbonyl (C=O) groups is 3. The number of Topliss-reactive ketones (excluding diaryl/α,β-unsaturated/α-hetero) is 1. The summed E-state index contributed by atoms with van der Waals surface area (Å²) in [6.45, 7) is 2.95. The molecule has 0 aliphatic rings. The van der Waals surface area contributed by atoms with Crippen LogP contribution in [0.2, 0.25) is 0 Å². The summed E-state index contributed by atoms with van der Waals surface area (Å²) in [5.74, 6) is -0.995. The van der Waals surface area contributed by atoms with Crippen molar-refractivity contribution >= 4 is 28.4 Å². The largest absolute Gasteiger partial charge is 0.456 e. The molecule has 5 nitrogen and oxygen atoms in total. The van der Waals surface area contributed by atoms with Gasteiger partial charge in [0.15, 0.2) is 6.61 Å². The fourth-order valence-corrected chi connectivity index (χ4v) is 2.49. The SMILES string of the molecule is CC(=O)CCC(=O)OCC(=O)N[C@H](C)c1cccc2ccccc12. The molecule has 0 aliphatic carbocycles. The number of ether oxygens (including phenoxy) is 1. The first-order valence-electron chi connectivity index (χ1n) is 7.89. The number of hydrogen-bond acceptors (Lipinski definition) is 4. The van der Waals surface area contributed by atoms with Gasteiger partial charge in [-0.15, -0.1) is 0 Å². The van der Waals surface area contributed by atoms with Crippen LogP contribution >= 0.6 is 0 Å². The summed E-state index contributed by atoms with van der Waals surface area (Å²) in [5.41, 5.74) is 1.00. The van der Waals surface area contributed by atoms with Crippen LogP contribution in [-0.4, -0.2) is 24.3 Å². The predicted molar refractivity (Wildman–Crippen MR) is 91.4 cm³/mol. The van der Waals surface area contributed by atoms with Crippen molar-refractivity contribution in [1.29, 1.82) is 0 Å². The lowest BCUT2D eigenvalue weighted by atomic mass is 10.00. The highest BCUT2D eigenvalue weighted by atomic mass is 16.5. The van der Waals surface area contributed by atoms with Gasteiger partial charge in [0.05, 0.1) is 12.5 Å². The number of fused-ring (bicyclic) bond motifs is 1. The Labute approximate surface area is 141 Å². The van der Waals surface area contributed by atoms with E-state index in [1.54, 1.807) is 0 Å². The van der Waals surface area contributed by atoms with E-state index in [9.17, 15) is 14.4 Å². The van der Waals surface area contributed by atoms with Crippen molar-refractivity contribution in [1.82, 2.24) is 5.32 Å². The van der Waals surface area contributed by atoms with Crippen LogP contribution < -0.4 is 5.32 Å². The first-order chi connectivity index (χ1) is 11.5. The van der Waals surface area contributed by atoms with Crippen molar-refractivity contribution in [2.75, 3.05) is 6.61 Å².